The lowest BCUT2D eigenvalue weighted by Crippen LogP contribution is -2.39. The Labute approximate surface area is 119 Å². The zero-order valence-corrected chi connectivity index (χ0v) is 11.8. The maximum Gasteiger partial charge on any atom is 0.313 e. The quantitative estimate of drug-likeness (QED) is 0.535. The van der Waals surface area contributed by atoms with Gasteiger partial charge in [0.05, 0.1) is 17.9 Å². The predicted molar refractivity (Wildman–Crippen MR) is 70.1 cm³/mol. The van der Waals surface area contributed by atoms with Crippen LogP contribution in [0.1, 0.15) is 6.42 Å². The topological polar surface area (TPSA) is 113 Å². The molecule has 0 aromatic rings. The Morgan fingerprint density at radius 2 is 2.15 bits per heavy atom. The number of likely N-dealkylation sites (tertiary alicyclic amines) is 1. The van der Waals surface area contributed by atoms with Crippen molar-refractivity contribution in [1.29, 1.82) is 0 Å². The van der Waals surface area contributed by atoms with Crippen LogP contribution in [0.2, 0.25) is 0 Å². The smallest absolute Gasteiger partial charge is 0.313 e. The molecular weight excluding hydrogens is 288 g/mol. The largest absolute Gasteiger partial charge is 0.481 e. The van der Waals surface area contributed by atoms with Crippen molar-refractivity contribution < 1.29 is 29.0 Å². The summed E-state index contributed by atoms with van der Waals surface area (Å²) in [5.41, 5.74) is 0. The van der Waals surface area contributed by atoms with E-state index in [0.717, 1.165) is 16.7 Å². The van der Waals surface area contributed by atoms with Gasteiger partial charge in [-0.3, -0.25) is 24.1 Å². The van der Waals surface area contributed by atoms with Crippen LogP contribution in [-0.2, 0) is 23.9 Å². The van der Waals surface area contributed by atoms with Gasteiger partial charge in [-0.1, -0.05) is 0 Å². The van der Waals surface area contributed by atoms with E-state index in [4.69, 9.17) is 9.84 Å². The first-order valence-electron chi connectivity index (χ1n) is 5.89. The minimum absolute atomic E-state index is 0.0227. The van der Waals surface area contributed by atoms with Gasteiger partial charge in [0.15, 0.2) is 0 Å². The maximum atomic E-state index is 11.7. The van der Waals surface area contributed by atoms with Gasteiger partial charge >= 0.3 is 5.97 Å². The molecule has 0 radical (unpaired) electrons. The second kappa shape index (κ2) is 7.85. The number of aliphatic carboxylic acids is 1. The lowest BCUT2D eigenvalue weighted by atomic mass is 10.3. The van der Waals surface area contributed by atoms with Gasteiger partial charge in [0.25, 0.3) is 5.91 Å². The summed E-state index contributed by atoms with van der Waals surface area (Å²) in [7, 11) is 1.36. The molecule has 1 fully saturated rings. The summed E-state index contributed by atoms with van der Waals surface area (Å²) in [5.74, 6) is -2.16. The van der Waals surface area contributed by atoms with Crippen LogP contribution < -0.4 is 5.32 Å². The molecule has 20 heavy (non-hydrogen) atoms. The number of nitrogens with one attached hydrogen (secondary N) is 1. The molecule has 8 nitrogen and oxygen atoms in total. The van der Waals surface area contributed by atoms with E-state index in [1.807, 2.05) is 0 Å². The van der Waals surface area contributed by atoms with E-state index in [0.29, 0.717) is 0 Å². The Balaban J connectivity index is 2.23. The first-order valence-corrected chi connectivity index (χ1v) is 7.04. The van der Waals surface area contributed by atoms with Crippen molar-refractivity contribution in [1.82, 2.24) is 10.2 Å². The summed E-state index contributed by atoms with van der Waals surface area (Å²) in [6.45, 7) is 0.229. The number of thioether (sulfide) groups is 1. The Kier molecular flexibility index (Phi) is 6.46. The fourth-order valence-electron chi connectivity index (χ4n) is 1.66. The van der Waals surface area contributed by atoms with Crippen molar-refractivity contribution in [3.8, 4) is 0 Å². The molecule has 0 aromatic heterocycles. The molecule has 0 aromatic carbocycles. The van der Waals surface area contributed by atoms with Crippen molar-refractivity contribution in [2.75, 3.05) is 31.7 Å². The van der Waals surface area contributed by atoms with Gasteiger partial charge < -0.3 is 15.2 Å². The molecule has 1 rings (SSSR count). The van der Waals surface area contributed by atoms with Gasteiger partial charge in [-0.15, -0.1) is 11.8 Å². The zero-order chi connectivity index (χ0) is 15.1. The van der Waals surface area contributed by atoms with Crippen LogP contribution in [0.15, 0.2) is 0 Å². The highest BCUT2D eigenvalue weighted by Gasteiger charge is 2.38. The molecule has 0 aliphatic carbocycles. The van der Waals surface area contributed by atoms with E-state index in [1.54, 1.807) is 0 Å². The SMILES string of the molecule is CO[C@@H]1CC(=O)N(CCNC(=O)CSCC(=O)O)C1=O. The highest BCUT2D eigenvalue weighted by molar-refractivity contribution is 8.00. The summed E-state index contributed by atoms with van der Waals surface area (Å²) in [5, 5.41) is 10.9. The average molecular weight is 304 g/mol. The van der Waals surface area contributed by atoms with Gasteiger partial charge in [-0.2, -0.15) is 0 Å². The van der Waals surface area contributed by atoms with E-state index in [9.17, 15) is 19.2 Å². The predicted octanol–water partition coefficient (Wildman–Crippen LogP) is -1.31. The van der Waals surface area contributed by atoms with Crippen molar-refractivity contribution in [2.45, 2.75) is 12.5 Å². The first kappa shape index (κ1) is 16.4. The summed E-state index contributed by atoms with van der Waals surface area (Å²) in [4.78, 5) is 45.8. The third-order valence-electron chi connectivity index (χ3n) is 2.60. The number of carbonyl (C=O) groups is 4. The van der Waals surface area contributed by atoms with Crippen LogP contribution in [0.25, 0.3) is 0 Å². The average Bonchev–Trinajstić information content (AvgIpc) is 2.65. The molecule has 1 saturated heterocycles. The third kappa shape index (κ3) is 4.82. The Bertz CT molecular complexity index is 414. The summed E-state index contributed by atoms with van der Waals surface area (Å²) in [6.07, 6.45) is -0.707. The van der Waals surface area contributed by atoms with Gasteiger partial charge in [0.2, 0.25) is 11.8 Å². The van der Waals surface area contributed by atoms with Crippen LogP contribution in [-0.4, -0.2) is 71.5 Å². The first-order chi connectivity index (χ1) is 9.45. The van der Waals surface area contributed by atoms with Crippen molar-refractivity contribution in [2.24, 2.45) is 0 Å². The molecule has 1 atom stereocenters. The summed E-state index contributed by atoms with van der Waals surface area (Å²) >= 11 is 0.978. The van der Waals surface area contributed by atoms with E-state index in [1.165, 1.54) is 7.11 Å². The molecular formula is C11H16N2O6S. The fourth-order valence-corrected chi connectivity index (χ4v) is 2.23. The van der Waals surface area contributed by atoms with Crippen LogP contribution in [0, 0.1) is 0 Å². The molecule has 1 aliphatic rings. The minimum atomic E-state index is -0.985. The standard InChI is InChI=1S/C11H16N2O6S/c1-19-7-4-9(15)13(11(7)18)3-2-12-8(14)5-20-6-10(16)17/h7H,2-6H2,1H3,(H,12,14)(H,16,17)/t7-/m1/s1. The van der Waals surface area contributed by atoms with Crippen molar-refractivity contribution in [3.63, 3.8) is 0 Å². The molecule has 3 amide bonds. The molecule has 0 spiro atoms. The van der Waals surface area contributed by atoms with Gasteiger partial charge in [-0.05, 0) is 0 Å². The highest BCUT2D eigenvalue weighted by Crippen LogP contribution is 2.14. The van der Waals surface area contributed by atoms with Gasteiger partial charge in [0.1, 0.15) is 6.10 Å². The molecule has 0 unspecified atom stereocenters. The van der Waals surface area contributed by atoms with Crippen LogP contribution in [0.3, 0.4) is 0 Å². The monoisotopic (exact) mass is 304 g/mol. The number of carbonyl (C=O) groups excluding carboxylic acids is 3. The lowest BCUT2D eigenvalue weighted by molar-refractivity contribution is -0.141. The number of ether oxygens (including phenoxy) is 1. The lowest BCUT2D eigenvalue weighted by Gasteiger charge is -2.14. The summed E-state index contributed by atoms with van der Waals surface area (Å²) < 4.78 is 4.87. The summed E-state index contributed by atoms with van der Waals surface area (Å²) in [6, 6.07) is 0. The number of methoxy groups -OCH3 is 1. The number of rotatable bonds is 8. The van der Waals surface area contributed by atoms with Crippen LogP contribution in [0.5, 0.6) is 0 Å². The number of nitrogens with zero attached hydrogens (tertiary/aromatic N) is 1. The maximum absolute atomic E-state index is 11.7. The highest BCUT2D eigenvalue weighted by atomic mass is 32.2. The fraction of sp³-hybridized carbons (Fsp3) is 0.636. The van der Waals surface area contributed by atoms with E-state index >= 15 is 0 Å². The number of carboxylic acid groups (broad SMARTS) is 1. The van der Waals surface area contributed by atoms with Gasteiger partial charge in [0, 0.05) is 20.2 Å². The number of hydrogen-bond acceptors (Lipinski definition) is 6. The zero-order valence-electron chi connectivity index (χ0n) is 11.0. The number of imide groups is 1. The van der Waals surface area contributed by atoms with Crippen molar-refractivity contribution >= 4 is 35.5 Å². The van der Waals surface area contributed by atoms with Crippen LogP contribution >= 0.6 is 11.8 Å². The normalized spacial score (nSPS) is 18.4. The Hall–Kier alpha value is -1.61. The molecule has 2 N–H and O–H groups in total. The molecule has 1 heterocycles. The second-order valence-corrected chi connectivity index (χ2v) is 5.03. The molecule has 112 valence electrons. The molecule has 9 heteroatoms. The Morgan fingerprint density at radius 3 is 2.70 bits per heavy atom. The second-order valence-electron chi connectivity index (χ2n) is 4.05. The van der Waals surface area contributed by atoms with E-state index in [-0.39, 0.29) is 42.8 Å². The number of carboxylic acids is 1. The Morgan fingerprint density at radius 1 is 1.45 bits per heavy atom. The van der Waals surface area contributed by atoms with E-state index < -0.39 is 18.0 Å². The molecule has 1 aliphatic heterocycles. The molecule has 0 saturated carbocycles. The number of hydrogen-bond donors (Lipinski definition) is 2. The van der Waals surface area contributed by atoms with Crippen LogP contribution in [0.4, 0.5) is 0 Å². The number of amides is 3. The third-order valence-corrected chi connectivity index (χ3v) is 3.52. The van der Waals surface area contributed by atoms with Crippen molar-refractivity contribution in [3.05, 3.63) is 0 Å². The molecule has 0 bridgehead atoms. The van der Waals surface area contributed by atoms with E-state index in [2.05, 4.69) is 5.32 Å². The van der Waals surface area contributed by atoms with Gasteiger partial charge in [-0.25, -0.2) is 0 Å². The minimum Gasteiger partial charge on any atom is -0.481 e.